The molecular formula is C52H60N12O2. The molecule has 0 unspecified atom stereocenters. The van der Waals surface area contributed by atoms with Crippen molar-refractivity contribution in [3.63, 3.8) is 0 Å². The summed E-state index contributed by atoms with van der Waals surface area (Å²) < 4.78 is 4.46. The van der Waals surface area contributed by atoms with Gasteiger partial charge in [0, 0.05) is 74.0 Å². The summed E-state index contributed by atoms with van der Waals surface area (Å²) in [5.41, 5.74) is 35.7. The molecule has 0 spiro atoms. The Bertz CT molecular complexity index is 3060. The molecule has 8 rings (SSSR count). The minimum Gasteiger partial charge on any atom is -0.382 e. The van der Waals surface area contributed by atoms with Crippen LogP contribution in [0.3, 0.4) is 0 Å². The van der Waals surface area contributed by atoms with Crippen LogP contribution in [0.4, 0.5) is 23.0 Å². The van der Waals surface area contributed by atoms with Gasteiger partial charge in [-0.2, -0.15) is 0 Å². The highest BCUT2D eigenvalue weighted by Gasteiger charge is 2.21. The van der Waals surface area contributed by atoms with Crippen molar-refractivity contribution in [2.45, 2.75) is 104 Å². The van der Waals surface area contributed by atoms with Gasteiger partial charge in [-0.25, -0.2) is 19.9 Å². The summed E-state index contributed by atoms with van der Waals surface area (Å²) in [6.45, 7) is 10.7. The van der Waals surface area contributed by atoms with Crippen LogP contribution >= 0.6 is 0 Å². The fraction of sp³-hybridized carbons (Fsp3) is 0.308. The SMILES string of the molecule is C=C(CCCC(=O)Nc1ccc2nc(N)c3nc(CCCC)n(Cc4ccc(CN)cc4)c3c2c1)CC(=O)Nc1ccc2nc(N)c3nc(CCCC)n(Cc4ccc(CN)cc4)c3c2c1. The van der Waals surface area contributed by atoms with Crippen molar-refractivity contribution >= 4 is 78.7 Å². The molecule has 4 aromatic heterocycles. The molecule has 14 nitrogen and oxygen atoms in total. The lowest BCUT2D eigenvalue weighted by atomic mass is 10.1. The third kappa shape index (κ3) is 10.0. The quantitative estimate of drug-likeness (QED) is 0.0398. The Hall–Kier alpha value is -7.16. The topological polar surface area (TPSA) is 224 Å². The molecule has 0 aliphatic rings. The number of imidazole rings is 2. The molecule has 0 fully saturated rings. The summed E-state index contributed by atoms with van der Waals surface area (Å²) in [5.74, 6) is 2.31. The van der Waals surface area contributed by atoms with E-state index in [1.54, 1.807) is 0 Å². The third-order valence-corrected chi connectivity index (χ3v) is 12.2. The Morgan fingerprint density at radius 2 is 1.02 bits per heavy atom. The van der Waals surface area contributed by atoms with Crippen LogP contribution in [0, 0.1) is 0 Å². The molecule has 0 aliphatic carbocycles. The number of carbonyl (C=O) groups excluding carboxylic acids is 2. The summed E-state index contributed by atoms with van der Waals surface area (Å²) in [6, 6.07) is 27.9. The number of carbonyl (C=O) groups is 2. The number of hydrogen-bond acceptors (Lipinski definition) is 10. The van der Waals surface area contributed by atoms with Crippen LogP contribution in [-0.4, -0.2) is 40.9 Å². The van der Waals surface area contributed by atoms with Crippen LogP contribution in [0.25, 0.3) is 43.9 Å². The number of aryl methyl sites for hydroxylation is 2. The van der Waals surface area contributed by atoms with Crippen molar-refractivity contribution in [2.24, 2.45) is 11.5 Å². The largest absolute Gasteiger partial charge is 0.382 e. The van der Waals surface area contributed by atoms with Crippen molar-refractivity contribution in [1.29, 1.82) is 0 Å². The summed E-state index contributed by atoms with van der Waals surface area (Å²) in [6.07, 6.45) is 7.06. The van der Waals surface area contributed by atoms with E-state index >= 15 is 0 Å². The molecule has 0 saturated carbocycles. The Morgan fingerprint density at radius 3 is 1.45 bits per heavy atom. The zero-order chi connectivity index (χ0) is 46.3. The van der Waals surface area contributed by atoms with Crippen molar-refractivity contribution in [3.05, 3.63) is 131 Å². The van der Waals surface area contributed by atoms with Gasteiger partial charge >= 0.3 is 0 Å². The molecule has 0 bridgehead atoms. The maximum atomic E-state index is 13.4. The van der Waals surface area contributed by atoms with E-state index < -0.39 is 0 Å². The zero-order valence-corrected chi connectivity index (χ0v) is 38.0. The average Bonchev–Trinajstić information content (AvgIpc) is 3.87. The molecule has 8 aromatic rings. The zero-order valence-electron chi connectivity index (χ0n) is 38.0. The van der Waals surface area contributed by atoms with E-state index in [-0.39, 0.29) is 24.7 Å². The standard InChI is InChI=1S/C52H60N12O2/c1-4-6-10-43-61-47-49(63(43)30-35-17-13-33(28-53)14-18-35)39-26-37(21-23-41(39)59-51(47)55)57-45(65)12-8-9-32(3)25-46(66)58-38-22-24-42-40(27-38)50-48(52(56)60-42)62-44(11-7-5-2)64(50)31-36-19-15-34(29-54)16-20-36/h13-24,26-27H,3-12,25,28-31,53-54H2,1-2H3,(H2,55,59)(H2,56,60)(H,57,65)(H,58,66). The van der Waals surface area contributed by atoms with Gasteiger partial charge in [-0.1, -0.05) is 87.4 Å². The van der Waals surface area contributed by atoms with Gasteiger partial charge < -0.3 is 42.7 Å². The number of aromatic nitrogens is 6. The van der Waals surface area contributed by atoms with Gasteiger partial charge in [-0.05, 0) is 84.3 Å². The number of nitrogen functional groups attached to an aromatic ring is 2. The number of pyridine rings is 2. The molecule has 66 heavy (non-hydrogen) atoms. The predicted octanol–water partition coefficient (Wildman–Crippen LogP) is 9.04. The smallest absolute Gasteiger partial charge is 0.228 e. The van der Waals surface area contributed by atoms with Crippen molar-refractivity contribution in [1.82, 2.24) is 29.1 Å². The third-order valence-electron chi connectivity index (χ3n) is 12.2. The van der Waals surface area contributed by atoms with E-state index in [1.165, 1.54) is 0 Å². The Balaban J connectivity index is 0.926. The number of fused-ring (bicyclic) bond motifs is 6. The number of nitrogens with zero attached hydrogens (tertiary/aromatic N) is 6. The van der Waals surface area contributed by atoms with Crippen LogP contribution in [0.2, 0.25) is 0 Å². The molecule has 0 aliphatic heterocycles. The number of rotatable bonds is 20. The summed E-state index contributed by atoms with van der Waals surface area (Å²) in [4.78, 5) is 46.1. The van der Waals surface area contributed by atoms with Gasteiger partial charge in [0.05, 0.1) is 22.1 Å². The van der Waals surface area contributed by atoms with Gasteiger partial charge in [0.2, 0.25) is 11.8 Å². The van der Waals surface area contributed by atoms with E-state index in [9.17, 15) is 9.59 Å². The highest BCUT2D eigenvalue weighted by Crippen LogP contribution is 2.34. The van der Waals surface area contributed by atoms with E-state index in [0.717, 1.165) is 105 Å². The highest BCUT2D eigenvalue weighted by atomic mass is 16.2. The fourth-order valence-electron chi connectivity index (χ4n) is 8.63. The number of anilines is 4. The number of amides is 2. The van der Waals surface area contributed by atoms with E-state index in [4.69, 9.17) is 32.9 Å². The number of benzene rings is 4. The van der Waals surface area contributed by atoms with Gasteiger partial charge in [0.1, 0.15) is 22.7 Å². The molecule has 14 heteroatoms. The summed E-state index contributed by atoms with van der Waals surface area (Å²) in [7, 11) is 0. The van der Waals surface area contributed by atoms with Crippen LogP contribution in [0.1, 0.15) is 99.1 Å². The Kier molecular flexibility index (Phi) is 14.0. The van der Waals surface area contributed by atoms with Gasteiger partial charge in [0.25, 0.3) is 0 Å². The molecule has 4 aromatic carbocycles. The van der Waals surface area contributed by atoms with Crippen LogP contribution < -0.4 is 33.6 Å². The number of nitrogens with one attached hydrogen (secondary N) is 2. The van der Waals surface area contributed by atoms with Gasteiger partial charge in [-0.15, -0.1) is 0 Å². The lowest BCUT2D eigenvalue weighted by Gasteiger charge is -2.13. The lowest BCUT2D eigenvalue weighted by Crippen LogP contribution is -2.13. The first-order valence-electron chi connectivity index (χ1n) is 23.0. The number of nitrogens with two attached hydrogens (primary N) is 4. The Morgan fingerprint density at radius 1 is 0.576 bits per heavy atom. The molecule has 4 heterocycles. The maximum Gasteiger partial charge on any atom is 0.228 e. The van der Waals surface area contributed by atoms with Crippen LogP contribution in [0.15, 0.2) is 97.1 Å². The summed E-state index contributed by atoms with van der Waals surface area (Å²) in [5, 5.41) is 7.84. The second kappa shape index (κ2) is 20.3. The minimum atomic E-state index is -0.193. The predicted molar refractivity (Wildman–Crippen MR) is 268 cm³/mol. The molecule has 0 atom stereocenters. The van der Waals surface area contributed by atoms with Crippen molar-refractivity contribution in [3.8, 4) is 0 Å². The molecule has 340 valence electrons. The van der Waals surface area contributed by atoms with E-state index in [2.05, 4.69) is 98.7 Å². The van der Waals surface area contributed by atoms with Crippen LogP contribution in [0.5, 0.6) is 0 Å². The van der Waals surface area contributed by atoms with Gasteiger partial charge in [-0.3, -0.25) is 9.59 Å². The maximum absolute atomic E-state index is 13.4. The first kappa shape index (κ1) is 45.4. The monoisotopic (exact) mass is 884 g/mol. The lowest BCUT2D eigenvalue weighted by molar-refractivity contribution is -0.116. The van der Waals surface area contributed by atoms with E-state index in [1.807, 2.05) is 36.4 Å². The first-order chi connectivity index (χ1) is 32.0. The van der Waals surface area contributed by atoms with Crippen molar-refractivity contribution in [2.75, 3.05) is 22.1 Å². The molecule has 0 saturated heterocycles. The van der Waals surface area contributed by atoms with Gasteiger partial charge in [0.15, 0.2) is 11.6 Å². The number of hydrogen-bond donors (Lipinski definition) is 6. The highest BCUT2D eigenvalue weighted by molar-refractivity contribution is 6.09. The fourth-order valence-corrected chi connectivity index (χ4v) is 8.63. The summed E-state index contributed by atoms with van der Waals surface area (Å²) >= 11 is 0. The van der Waals surface area contributed by atoms with Crippen molar-refractivity contribution < 1.29 is 9.59 Å². The number of unbranched alkanes of at least 4 members (excludes halogenated alkanes) is 2. The second-order valence-corrected chi connectivity index (χ2v) is 17.2. The normalized spacial score (nSPS) is 11.6. The molecule has 2 amide bonds. The second-order valence-electron chi connectivity index (χ2n) is 17.2. The average molecular weight is 885 g/mol. The molecule has 10 N–H and O–H groups in total. The van der Waals surface area contributed by atoms with Crippen LogP contribution in [-0.2, 0) is 48.6 Å². The van der Waals surface area contributed by atoms with E-state index in [0.29, 0.717) is 78.6 Å². The molecule has 0 radical (unpaired) electrons. The first-order valence-corrected chi connectivity index (χ1v) is 23.0. The minimum absolute atomic E-state index is 0.120. The molecular weight excluding hydrogens is 825 g/mol. The Labute approximate surface area is 384 Å².